The molecule has 0 aromatic carbocycles. The van der Waals surface area contributed by atoms with E-state index in [4.69, 9.17) is 14.5 Å². The molecule has 27 heavy (non-hydrogen) atoms. The van der Waals surface area contributed by atoms with Gasteiger partial charge in [0.15, 0.2) is 5.96 Å². The van der Waals surface area contributed by atoms with Crippen molar-refractivity contribution in [3.05, 3.63) is 0 Å². The first-order valence-corrected chi connectivity index (χ1v) is 10.6. The topological polar surface area (TPSA) is 58.1 Å². The first-order chi connectivity index (χ1) is 12.6. The second-order valence-electron chi connectivity index (χ2n) is 8.02. The quantitative estimate of drug-likeness (QED) is 0.223. The van der Waals surface area contributed by atoms with Crippen molar-refractivity contribution in [2.45, 2.75) is 70.9 Å². The van der Waals surface area contributed by atoms with Gasteiger partial charge in [0.2, 0.25) is 0 Å². The molecule has 0 aliphatic carbocycles. The van der Waals surface area contributed by atoms with Crippen molar-refractivity contribution in [2.24, 2.45) is 4.99 Å². The maximum Gasteiger partial charge on any atom is 0.191 e. The van der Waals surface area contributed by atoms with Crippen LogP contribution >= 0.6 is 24.0 Å². The van der Waals surface area contributed by atoms with Gasteiger partial charge in [0, 0.05) is 38.4 Å². The van der Waals surface area contributed by atoms with Crippen LogP contribution in [-0.2, 0) is 9.47 Å². The van der Waals surface area contributed by atoms with Crippen molar-refractivity contribution in [3.8, 4) is 0 Å². The van der Waals surface area contributed by atoms with Crippen LogP contribution in [0.15, 0.2) is 4.99 Å². The number of hydrogen-bond donors (Lipinski definition) is 2. The smallest absolute Gasteiger partial charge is 0.191 e. The molecule has 0 saturated carbocycles. The Morgan fingerprint density at radius 1 is 1.15 bits per heavy atom. The summed E-state index contributed by atoms with van der Waals surface area (Å²) in [5.74, 6) is 0.920. The Morgan fingerprint density at radius 3 is 2.52 bits per heavy atom. The van der Waals surface area contributed by atoms with E-state index in [0.29, 0.717) is 6.10 Å². The predicted molar refractivity (Wildman–Crippen MR) is 123 cm³/mol. The SMILES string of the molecule is CCNC(=NCC(C)(C)N1CCCCC1)NCCCOC1CCOCC1.I. The molecule has 0 radical (unpaired) electrons. The summed E-state index contributed by atoms with van der Waals surface area (Å²) in [5.41, 5.74) is 0.120. The summed E-state index contributed by atoms with van der Waals surface area (Å²) >= 11 is 0. The van der Waals surface area contributed by atoms with Gasteiger partial charge in [0.25, 0.3) is 0 Å². The van der Waals surface area contributed by atoms with Gasteiger partial charge in [-0.3, -0.25) is 9.89 Å². The number of piperidine rings is 1. The highest BCUT2D eigenvalue weighted by Crippen LogP contribution is 2.20. The molecule has 2 aliphatic rings. The monoisotopic (exact) mass is 496 g/mol. The Hall–Kier alpha value is -0.120. The third kappa shape index (κ3) is 9.76. The average Bonchev–Trinajstić information content (AvgIpc) is 2.67. The third-order valence-electron chi connectivity index (χ3n) is 5.32. The van der Waals surface area contributed by atoms with Crippen molar-refractivity contribution >= 4 is 29.9 Å². The zero-order chi connectivity index (χ0) is 18.7. The van der Waals surface area contributed by atoms with Gasteiger partial charge in [-0.2, -0.15) is 0 Å². The molecule has 0 atom stereocenters. The van der Waals surface area contributed by atoms with Gasteiger partial charge in [0.1, 0.15) is 0 Å². The van der Waals surface area contributed by atoms with E-state index in [-0.39, 0.29) is 29.5 Å². The molecule has 0 spiro atoms. The highest BCUT2D eigenvalue weighted by atomic mass is 127. The number of nitrogens with one attached hydrogen (secondary N) is 2. The minimum absolute atomic E-state index is 0. The van der Waals surface area contributed by atoms with Crippen molar-refractivity contribution in [1.82, 2.24) is 15.5 Å². The molecule has 2 heterocycles. The predicted octanol–water partition coefficient (Wildman–Crippen LogP) is 3.01. The number of rotatable bonds is 9. The first-order valence-electron chi connectivity index (χ1n) is 10.6. The Bertz CT molecular complexity index is 409. The van der Waals surface area contributed by atoms with E-state index in [2.05, 4.69) is 36.3 Å². The highest BCUT2D eigenvalue weighted by Gasteiger charge is 2.27. The van der Waals surface area contributed by atoms with Crippen LogP contribution < -0.4 is 10.6 Å². The minimum Gasteiger partial charge on any atom is -0.381 e. The number of nitrogens with zero attached hydrogens (tertiary/aromatic N) is 2. The summed E-state index contributed by atoms with van der Waals surface area (Å²) in [4.78, 5) is 7.43. The van der Waals surface area contributed by atoms with Crippen LogP contribution in [0.5, 0.6) is 0 Å². The number of likely N-dealkylation sites (tertiary alicyclic amines) is 1. The van der Waals surface area contributed by atoms with Crippen LogP contribution in [0.1, 0.15) is 59.3 Å². The van der Waals surface area contributed by atoms with Gasteiger partial charge in [-0.15, -0.1) is 24.0 Å². The summed E-state index contributed by atoms with van der Waals surface area (Å²) in [6.45, 7) is 14.2. The molecular formula is C20H41IN4O2. The first kappa shape index (κ1) is 24.9. The zero-order valence-electron chi connectivity index (χ0n) is 17.6. The lowest BCUT2D eigenvalue weighted by atomic mass is 9.99. The summed E-state index contributed by atoms with van der Waals surface area (Å²) in [6, 6.07) is 0. The molecule has 0 aromatic heterocycles. The van der Waals surface area contributed by atoms with Gasteiger partial charge < -0.3 is 20.1 Å². The summed E-state index contributed by atoms with van der Waals surface area (Å²) in [5, 5.41) is 6.81. The van der Waals surface area contributed by atoms with Gasteiger partial charge in [0.05, 0.1) is 12.6 Å². The molecule has 7 heteroatoms. The normalized spacial score (nSPS) is 20.2. The fraction of sp³-hybridized carbons (Fsp3) is 0.950. The standard InChI is InChI=1S/C20H40N4O2.HI/c1-4-21-19(22-11-8-14-26-18-9-15-25-16-10-18)23-17-20(2,3)24-12-6-5-7-13-24;/h18H,4-17H2,1-3H3,(H2,21,22,23);1H. The van der Waals surface area contributed by atoms with E-state index in [1.54, 1.807) is 0 Å². The molecule has 0 aromatic rings. The minimum atomic E-state index is 0. The largest absolute Gasteiger partial charge is 0.381 e. The molecule has 6 nitrogen and oxygen atoms in total. The molecule has 2 aliphatic heterocycles. The highest BCUT2D eigenvalue weighted by molar-refractivity contribution is 14.0. The van der Waals surface area contributed by atoms with E-state index in [9.17, 15) is 0 Å². The molecule has 2 fully saturated rings. The third-order valence-corrected chi connectivity index (χ3v) is 5.32. The van der Waals surface area contributed by atoms with Gasteiger partial charge in [-0.1, -0.05) is 6.42 Å². The second-order valence-corrected chi connectivity index (χ2v) is 8.02. The van der Waals surface area contributed by atoms with Crippen LogP contribution in [0.25, 0.3) is 0 Å². The summed E-state index contributed by atoms with van der Waals surface area (Å²) in [6.07, 6.45) is 7.45. The van der Waals surface area contributed by atoms with Crippen molar-refractivity contribution in [1.29, 1.82) is 0 Å². The lowest BCUT2D eigenvalue weighted by Crippen LogP contribution is -2.49. The lowest BCUT2D eigenvalue weighted by molar-refractivity contribution is -0.0320. The average molecular weight is 496 g/mol. The van der Waals surface area contributed by atoms with Crippen molar-refractivity contribution in [2.75, 3.05) is 52.5 Å². The van der Waals surface area contributed by atoms with Crippen LogP contribution in [0.3, 0.4) is 0 Å². The molecule has 0 unspecified atom stereocenters. The number of halogens is 1. The molecule has 0 bridgehead atoms. The Kier molecular flexibility index (Phi) is 12.9. The maximum absolute atomic E-state index is 5.93. The number of ether oxygens (including phenoxy) is 2. The fourth-order valence-corrected chi connectivity index (χ4v) is 3.59. The van der Waals surface area contributed by atoms with E-state index < -0.39 is 0 Å². The van der Waals surface area contributed by atoms with E-state index in [0.717, 1.165) is 64.7 Å². The molecule has 160 valence electrons. The zero-order valence-corrected chi connectivity index (χ0v) is 19.9. The van der Waals surface area contributed by atoms with Crippen LogP contribution in [-0.4, -0.2) is 75.0 Å². The summed E-state index contributed by atoms with van der Waals surface area (Å²) in [7, 11) is 0. The van der Waals surface area contributed by atoms with Crippen molar-refractivity contribution in [3.63, 3.8) is 0 Å². The van der Waals surface area contributed by atoms with Crippen LogP contribution in [0.4, 0.5) is 0 Å². The van der Waals surface area contributed by atoms with Gasteiger partial charge >= 0.3 is 0 Å². The van der Waals surface area contributed by atoms with E-state index >= 15 is 0 Å². The molecule has 2 rings (SSSR count). The fourth-order valence-electron chi connectivity index (χ4n) is 3.59. The second kappa shape index (κ2) is 14.0. The van der Waals surface area contributed by atoms with Crippen molar-refractivity contribution < 1.29 is 9.47 Å². The van der Waals surface area contributed by atoms with Gasteiger partial charge in [-0.25, -0.2) is 0 Å². The van der Waals surface area contributed by atoms with Crippen LogP contribution in [0, 0.1) is 0 Å². The Balaban J connectivity index is 0.00000364. The molecule has 2 saturated heterocycles. The number of aliphatic imine (C=N–C) groups is 1. The Morgan fingerprint density at radius 2 is 1.85 bits per heavy atom. The van der Waals surface area contributed by atoms with E-state index in [1.807, 2.05) is 0 Å². The number of hydrogen-bond acceptors (Lipinski definition) is 4. The molecule has 2 N–H and O–H groups in total. The molecule has 0 amide bonds. The molecular weight excluding hydrogens is 455 g/mol. The maximum atomic E-state index is 5.93. The summed E-state index contributed by atoms with van der Waals surface area (Å²) < 4.78 is 11.3. The van der Waals surface area contributed by atoms with E-state index in [1.165, 1.54) is 32.4 Å². The van der Waals surface area contributed by atoms with Crippen LogP contribution in [0.2, 0.25) is 0 Å². The Labute approximate surface area is 183 Å². The van der Waals surface area contributed by atoms with Gasteiger partial charge in [-0.05, 0) is 66.0 Å². The lowest BCUT2D eigenvalue weighted by Gasteiger charge is -2.40. The number of guanidine groups is 1.